The lowest BCUT2D eigenvalue weighted by molar-refractivity contribution is -0.125. The van der Waals surface area contributed by atoms with Crippen molar-refractivity contribution in [1.29, 1.82) is 0 Å². The fraction of sp³-hybridized carbons (Fsp3) is 0.737. The van der Waals surface area contributed by atoms with Gasteiger partial charge in [-0.3, -0.25) is 4.79 Å². The summed E-state index contributed by atoms with van der Waals surface area (Å²) in [6.45, 7) is 8.50. The highest BCUT2D eigenvalue weighted by Gasteiger charge is 2.46. The molecule has 0 spiro atoms. The largest absolute Gasteiger partial charge is 0.390 e. The highest BCUT2D eigenvalue weighted by Crippen LogP contribution is 2.37. The van der Waals surface area contributed by atoms with E-state index in [1.54, 1.807) is 0 Å². The lowest BCUT2D eigenvalue weighted by atomic mass is 10.1. The monoisotopic (exact) mass is 437 g/mol. The highest BCUT2D eigenvalue weighted by molar-refractivity contribution is 7.99. The van der Waals surface area contributed by atoms with Crippen LogP contribution in [0.5, 0.6) is 0 Å². The molecule has 0 aliphatic heterocycles. The summed E-state index contributed by atoms with van der Waals surface area (Å²) >= 11 is 1.53. The van der Waals surface area contributed by atoms with Gasteiger partial charge in [0.05, 0.1) is 18.1 Å². The molecule has 1 aliphatic rings. The van der Waals surface area contributed by atoms with E-state index in [2.05, 4.69) is 53.3 Å². The summed E-state index contributed by atoms with van der Waals surface area (Å²) in [5, 5.41) is 33.2. The highest BCUT2D eigenvalue weighted by atomic mass is 32.2. The number of nitrogens with one attached hydrogen (secondary N) is 1. The number of anilines is 1. The van der Waals surface area contributed by atoms with Crippen molar-refractivity contribution in [3.8, 4) is 0 Å². The summed E-state index contributed by atoms with van der Waals surface area (Å²) in [4.78, 5) is 20.9. The van der Waals surface area contributed by atoms with Gasteiger partial charge in [0.15, 0.2) is 22.1 Å². The molecule has 5 atom stereocenters. The molecule has 2 heterocycles. The van der Waals surface area contributed by atoms with Crippen LogP contribution in [0.15, 0.2) is 5.16 Å². The van der Waals surface area contributed by atoms with E-state index in [4.69, 9.17) is 5.73 Å². The van der Waals surface area contributed by atoms with Crippen molar-refractivity contribution in [3.63, 3.8) is 0 Å². The lowest BCUT2D eigenvalue weighted by Gasteiger charge is -2.18. The zero-order valence-electron chi connectivity index (χ0n) is 17.8. The Bertz CT molecular complexity index is 890. The Labute approximate surface area is 180 Å². The van der Waals surface area contributed by atoms with Gasteiger partial charge >= 0.3 is 0 Å². The Morgan fingerprint density at radius 1 is 1.30 bits per heavy atom. The normalized spacial score (nSPS) is 25.2. The van der Waals surface area contributed by atoms with Crippen LogP contribution in [0.3, 0.4) is 0 Å². The van der Waals surface area contributed by atoms with E-state index < -0.39 is 30.1 Å². The number of primary amides is 1. The maximum Gasteiger partial charge on any atom is 0.223 e. The minimum absolute atomic E-state index is 0.171. The second-order valence-electron chi connectivity index (χ2n) is 8.38. The van der Waals surface area contributed by atoms with Gasteiger partial charge < -0.3 is 21.3 Å². The number of amides is 1. The average Bonchev–Trinajstić information content (AvgIpc) is 3.21. The summed E-state index contributed by atoms with van der Waals surface area (Å²) < 4.78 is 1.49. The number of carbonyl (C=O) groups excluding carboxylic acids is 1. The van der Waals surface area contributed by atoms with Gasteiger partial charge in [-0.15, -0.1) is 5.10 Å². The number of nitrogens with zero attached hydrogens (tertiary/aromatic N) is 5. The number of thioether (sulfide) groups is 1. The van der Waals surface area contributed by atoms with E-state index in [0.717, 1.165) is 18.6 Å². The predicted octanol–water partition coefficient (Wildman–Crippen LogP) is 1.34. The fourth-order valence-electron chi connectivity index (χ4n) is 3.93. The van der Waals surface area contributed by atoms with E-state index in [0.29, 0.717) is 28.1 Å². The number of fused-ring (bicyclic) bond motifs is 1. The molecule has 0 radical (unpaired) electrons. The SMILES string of the molecule is CCCSc1nc(NC(C)CC(C)C)c2nnn(C3C[C@H](C(N)=O)C(O)C3O)c2n1. The van der Waals surface area contributed by atoms with Crippen molar-refractivity contribution in [2.45, 2.75) is 76.4 Å². The predicted molar refractivity (Wildman–Crippen MR) is 115 cm³/mol. The van der Waals surface area contributed by atoms with Crippen molar-refractivity contribution in [2.24, 2.45) is 17.6 Å². The number of aromatic nitrogens is 5. The van der Waals surface area contributed by atoms with Crippen LogP contribution in [-0.2, 0) is 4.79 Å². The third kappa shape index (κ3) is 4.68. The molecule has 30 heavy (non-hydrogen) atoms. The molecule has 11 heteroatoms. The van der Waals surface area contributed by atoms with Crippen LogP contribution >= 0.6 is 11.8 Å². The molecule has 10 nitrogen and oxygen atoms in total. The number of hydrogen-bond donors (Lipinski definition) is 4. The van der Waals surface area contributed by atoms with E-state index in [-0.39, 0.29) is 12.5 Å². The van der Waals surface area contributed by atoms with Crippen molar-refractivity contribution >= 4 is 34.7 Å². The van der Waals surface area contributed by atoms with Crippen LogP contribution in [-0.4, -0.2) is 65.1 Å². The number of rotatable bonds is 9. The Hall–Kier alpha value is -1.98. The van der Waals surface area contributed by atoms with Crippen LogP contribution in [0, 0.1) is 11.8 Å². The minimum atomic E-state index is -1.24. The van der Waals surface area contributed by atoms with Gasteiger partial charge in [0.2, 0.25) is 5.91 Å². The summed E-state index contributed by atoms with van der Waals surface area (Å²) in [5.74, 6) is 0.492. The van der Waals surface area contributed by atoms with Crippen LogP contribution in [0.2, 0.25) is 0 Å². The number of aliphatic hydroxyl groups excluding tert-OH is 2. The molecule has 1 aliphatic carbocycles. The smallest absolute Gasteiger partial charge is 0.223 e. The molecule has 0 bridgehead atoms. The van der Waals surface area contributed by atoms with Gasteiger partial charge in [-0.1, -0.05) is 37.7 Å². The summed E-state index contributed by atoms with van der Waals surface area (Å²) in [7, 11) is 0. The first kappa shape index (κ1) is 22.7. The van der Waals surface area contributed by atoms with Crippen LogP contribution < -0.4 is 11.1 Å². The summed E-state index contributed by atoms with van der Waals surface area (Å²) in [6, 6.07) is -0.474. The first-order valence-electron chi connectivity index (χ1n) is 10.4. The Balaban J connectivity index is 2.00. The van der Waals surface area contributed by atoms with Gasteiger partial charge in [-0.2, -0.15) is 0 Å². The standard InChI is InChI=1S/C19H31N7O3S/c1-5-6-30-19-22-17(21-10(4)7-9(2)3)13-18(23-19)26(25-24-13)12-8-11(16(20)29)14(27)15(12)28/h9-12,14-15,27-28H,5-8H2,1-4H3,(H2,20,29)(H,21,22,23)/t10?,11-,12?,14?,15?/m0/s1. The first-order chi connectivity index (χ1) is 14.2. The first-order valence-corrected chi connectivity index (χ1v) is 11.4. The molecule has 5 N–H and O–H groups in total. The van der Waals surface area contributed by atoms with Crippen molar-refractivity contribution in [2.75, 3.05) is 11.1 Å². The second-order valence-corrected chi connectivity index (χ2v) is 9.44. The lowest BCUT2D eigenvalue weighted by Crippen LogP contribution is -2.35. The van der Waals surface area contributed by atoms with E-state index in [1.165, 1.54) is 16.4 Å². The van der Waals surface area contributed by atoms with Gasteiger partial charge in [-0.05, 0) is 32.1 Å². The molecule has 1 saturated carbocycles. The zero-order valence-corrected chi connectivity index (χ0v) is 18.6. The maximum absolute atomic E-state index is 11.6. The van der Waals surface area contributed by atoms with Crippen LogP contribution in [0.25, 0.3) is 11.2 Å². The van der Waals surface area contributed by atoms with Crippen molar-refractivity contribution < 1.29 is 15.0 Å². The Morgan fingerprint density at radius 2 is 2.03 bits per heavy atom. The Morgan fingerprint density at radius 3 is 2.63 bits per heavy atom. The molecule has 4 unspecified atom stereocenters. The van der Waals surface area contributed by atoms with E-state index >= 15 is 0 Å². The molecule has 1 fully saturated rings. The van der Waals surface area contributed by atoms with Crippen molar-refractivity contribution in [1.82, 2.24) is 25.0 Å². The number of aliphatic hydroxyl groups is 2. The molecular formula is C19H31N7O3S. The zero-order chi connectivity index (χ0) is 22.0. The number of carbonyl (C=O) groups is 1. The third-order valence-corrected chi connectivity index (χ3v) is 6.33. The molecule has 0 saturated heterocycles. The van der Waals surface area contributed by atoms with Crippen molar-refractivity contribution in [3.05, 3.63) is 0 Å². The average molecular weight is 438 g/mol. The topological polar surface area (TPSA) is 152 Å². The molecule has 1 amide bonds. The molecule has 166 valence electrons. The molecule has 2 aromatic rings. The molecule has 3 rings (SSSR count). The molecular weight excluding hydrogens is 406 g/mol. The van der Waals surface area contributed by atoms with Gasteiger partial charge in [-0.25, -0.2) is 14.6 Å². The number of nitrogens with two attached hydrogens (primary N) is 1. The molecule has 2 aromatic heterocycles. The maximum atomic E-state index is 11.6. The summed E-state index contributed by atoms with van der Waals surface area (Å²) in [5.41, 5.74) is 6.34. The van der Waals surface area contributed by atoms with Gasteiger partial charge in [0.25, 0.3) is 0 Å². The van der Waals surface area contributed by atoms with Crippen LogP contribution in [0.1, 0.15) is 53.0 Å². The van der Waals surface area contributed by atoms with E-state index in [9.17, 15) is 15.0 Å². The summed E-state index contributed by atoms with van der Waals surface area (Å²) in [6.07, 6.45) is -0.324. The quantitative estimate of drug-likeness (QED) is 0.336. The van der Waals surface area contributed by atoms with Gasteiger partial charge in [0, 0.05) is 11.8 Å². The van der Waals surface area contributed by atoms with Crippen LogP contribution in [0.4, 0.5) is 5.82 Å². The number of hydrogen-bond acceptors (Lipinski definition) is 9. The van der Waals surface area contributed by atoms with Gasteiger partial charge in [0.1, 0.15) is 6.10 Å². The van der Waals surface area contributed by atoms with E-state index in [1.807, 2.05) is 0 Å². The molecule has 0 aromatic carbocycles. The second kappa shape index (κ2) is 9.44. The Kier molecular flexibility index (Phi) is 7.14. The third-order valence-electron chi connectivity index (χ3n) is 5.28. The minimum Gasteiger partial charge on any atom is -0.390 e. The fourth-order valence-corrected chi connectivity index (χ4v) is 4.62.